The zero-order valence-corrected chi connectivity index (χ0v) is 9.65. The number of aliphatic hydroxyl groups is 1. The minimum Gasteiger partial charge on any atom is -0.497 e. The molecule has 0 radical (unpaired) electrons. The van der Waals surface area contributed by atoms with Crippen molar-refractivity contribution in [3.8, 4) is 11.5 Å². The second-order valence-corrected chi connectivity index (χ2v) is 3.83. The Labute approximate surface area is 90.6 Å². The SMILES string of the molecule is COc1cc(OC)cc([C@@H](O)C(C)C)c1. The first-order valence-electron chi connectivity index (χ1n) is 4.99. The maximum absolute atomic E-state index is 9.93. The van der Waals surface area contributed by atoms with E-state index in [2.05, 4.69) is 0 Å². The third kappa shape index (κ3) is 2.86. The van der Waals surface area contributed by atoms with Crippen LogP contribution in [-0.2, 0) is 0 Å². The van der Waals surface area contributed by atoms with Crippen molar-refractivity contribution in [1.82, 2.24) is 0 Å². The van der Waals surface area contributed by atoms with Crippen molar-refractivity contribution in [2.24, 2.45) is 5.92 Å². The Hall–Kier alpha value is -1.22. The van der Waals surface area contributed by atoms with Crippen molar-refractivity contribution in [2.45, 2.75) is 20.0 Å². The molecule has 0 amide bonds. The van der Waals surface area contributed by atoms with Gasteiger partial charge in [0.2, 0.25) is 0 Å². The molecule has 0 aromatic heterocycles. The van der Waals surface area contributed by atoms with Gasteiger partial charge in [0.1, 0.15) is 11.5 Å². The monoisotopic (exact) mass is 210 g/mol. The van der Waals surface area contributed by atoms with Crippen molar-refractivity contribution in [3.05, 3.63) is 23.8 Å². The Kier molecular flexibility index (Phi) is 3.97. The summed E-state index contributed by atoms with van der Waals surface area (Å²) in [6.07, 6.45) is -0.492. The van der Waals surface area contributed by atoms with E-state index in [1.807, 2.05) is 26.0 Å². The van der Waals surface area contributed by atoms with E-state index in [-0.39, 0.29) is 5.92 Å². The fourth-order valence-corrected chi connectivity index (χ4v) is 1.39. The lowest BCUT2D eigenvalue weighted by molar-refractivity contribution is 0.126. The lowest BCUT2D eigenvalue weighted by atomic mass is 9.99. The van der Waals surface area contributed by atoms with Gasteiger partial charge in [0, 0.05) is 6.07 Å². The van der Waals surface area contributed by atoms with Crippen LogP contribution in [0.5, 0.6) is 11.5 Å². The number of hydrogen-bond donors (Lipinski definition) is 1. The molecular weight excluding hydrogens is 192 g/mol. The largest absolute Gasteiger partial charge is 0.497 e. The highest BCUT2D eigenvalue weighted by molar-refractivity contribution is 5.39. The summed E-state index contributed by atoms with van der Waals surface area (Å²) in [6, 6.07) is 5.44. The van der Waals surface area contributed by atoms with E-state index in [0.717, 1.165) is 5.56 Å². The predicted molar refractivity (Wildman–Crippen MR) is 59.3 cm³/mol. The van der Waals surface area contributed by atoms with Gasteiger partial charge in [-0.2, -0.15) is 0 Å². The minimum atomic E-state index is -0.492. The van der Waals surface area contributed by atoms with Crippen molar-refractivity contribution in [2.75, 3.05) is 14.2 Å². The Morgan fingerprint density at radius 1 is 1.00 bits per heavy atom. The molecule has 1 N–H and O–H groups in total. The van der Waals surface area contributed by atoms with Crippen LogP contribution in [0.4, 0.5) is 0 Å². The molecule has 0 aliphatic carbocycles. The highest BCUT2D eigenvalue weighted by Gasteiger charge is 2.14. The Morgan fingerprint density at radius 2 is 1.47 bits per heavy atom. The van der Waals surface area contributed by atoms with E-state index in [9.17, 15) is 5.11 Å². The number of hydrogen-bond acceptors (Lipinski definition) is 3. The summed E-state index contributed by atoms with van der Waals surface area (Å²) >= 11 is 0. The predicted octanol–water partition coefficient (Wildman–Crippen LogP) is 2.39. The third-order valence-electron chi connectivity index (χ3n) is 2.35. The molecule has 0 heterocycles. The molecule has 3 nitrogen and oxygen atoms in total. The number of aliphatic hydroxyl groups excluding tert-OH is 1. The summed E-state index contributed by atoms with van der Waals surface area (Å²) < 4.78 is 10.3. The number of benzene rings is 1. The molecule has 1 atom stereocenters. The fraction of sp³-hybridized carbons (Fsp3) is 0.500. The maximum atomic E-state index is 9.93. The van der Waals surface area contributed by atoms with Gasteiger partial charge in [-0.3, -0.25) is 0 Å². The molecular formula is C12H18O3. The van der Waals surface area contributed by atoms with Crippen LogP contribution >= 0.6 is 0 Å². The van der Waals surface area contributed by atoms with Crippen molar-refractivity contribution in [3.63, 3.8) is 0 Å². The second-order valence-electron chi connectivity index (χ2n) is 3.83. The molecule has 0 spiro atoms. The van der Waals surface area contributed by atoms with Gasteiger partial charge in [-0.25, -0.2) is 0 Å². The van der Waals surface area contributed by atoms with Crippen LogP contribution in [0.25, 0.3) is 0 Å². The Bertz CT molecular complexity index is 298. The first-order chi connectivity index (χ1) is 7.08. The topological polar surface area (TPSA) is 38.7 Å². The van der Waals surface area contributed by atoms with Crippen LogP contribution in [-0.4, -0.2) is 19.3 Å². The molecule has 0 fully saturated rings. The summed E-state index contributed by atoms with van der Waals surface area (Å²) in [6.45, 7) is 3.94. The van der Waals surface area contributed by atoms with Crippen molar-refractivity contribution in [1.29, 1.82) is 0 Å². The molecule has 1 aromatic carbocycles. The van der Waals surface area contributed by atoms with E-state index >= 15 is 0 Å². The van der Waals surface area contributed by atoms with Gasteiger partial charge < -0.3 is 14.6 Å². The lowest BCUT2D eigenvalue weighted by Crippen LogP contribution is -2.05. The summed E-state index contributed by atoms with van der Waals surface area (Å²) in [5.41, 5.74) is 0.821. The van der Waals surface area contributed by atoms with E-state index in [1.54, 1.807) is 20.3 Å². The lowest BCUT2D eigenvalue weighted by Gasteiger charge is -2.16. The van der Waals surface area contributed by atoms with E-state index in [4.69, 9.17) is 9.47 Å². The number of ether oxygens (including phenoxy) is 2. The molecule has 0 unspecified atom stereocenters. The molecule has 1 rings (SSSR count). The smallest absolute Gasteiger partial charge is 0.122 e. The fourth-order valence-electron chi connectivity index (χ4n) is 1.39. The van der Waals surface area contributed by atoms with Crippen molar-refractivity contribution < 1.29 is 14.6 Å². The zero-order chi connectivity index (χ0) is 11.4. The molecule has 0 aliphatic heterocycles. The highest BCUT2D eigenvalue weighted by Crippen LogP contribution is 2.29. The molecule has 0 saturated carbocycles. The van der Waals surface area contributed by atoms with Crippen LogP contribution in [0.15, 0.2) is 18.2 Å². The molecule has 84 valence electrons. The molecule has 1 aromatic rings. The summed E-state index contributed by atoms with van der Waals surface area (Å²) in [7, 11) is 3.20. The van der Waals surface area contributed by atoms with Crippen molar-refractivity contribution >= 4 is 0 Å². The summed E-state index contributed by atoms with van der Waals surface area (Å²) in [5, 5.41) is 9.93. The molecule has 0 saturated heterocycles. The average molecular weight is 210 g/mol. The summed E-state index contributed by atoms with van der Waals surface area (Å²) in [4.78, 5) is 0. The van der Waals surface area contributed by atoms with Gasteiger partial charge in [0.15, 0.2) is 0 Å². The van der Waals surface area contributed by atoms with Crippen LogP contribution in [0.2, 0.25) is 0 Å². The van der Waals surface area contributed by atoms with Gasteiger partial charge in [-0.05, 0) is 23.6 Å². The zero-order valence-electron chi connectivity index (χ0n) is 9.65. The third-order valence-corrected chi connectivity index (χ3v) is 2.35. The van der Waals surface area contributed by atoms with Gasteiger partial charge in [0.25, 0.3) is 0 Å². The Balaban J connectivity index is 3.06. The average Bonchev–Trinajstić information content (AvgIpc) is 2.27. The van der Waals surface area contributed by atoms with E-state index in [0.29, 0.717) is 11.5 Å². The van der Waals surface area contributed by atoms with Gasteiger partial charge in [0.05, 0.1) is 20.3 Å². The van der Waals surface area contributed by atoms with Crippen LogP contribution in [0, 0.1) is 5.92 Å². The van der Waals surface area contributed by atoms with Gasteiger partial charge >= 0.3 is 0 Å². The number of rotatable bonds is 4. The number of methoxy groups -OCH3 is 2. The van der Waals surface area contributed by atoms with E-state index in [1.165, 1.54) is 0 Å². The molecule has 15 heavy (non-hydrogen) atoms. The molecule has 3 heteroatoms. The standard InChI is InChI=1S/C12H18O3/c1-8(2)12(13)9-5-10(14-3)7-11(6-9)15-4/h5-8,12-13H,1-4H3/t12-/m0/s1. The Morgan fingerprint density at radius 3 is 1.80 bits per heavy atom. The normalized spacial score (nSPS) is 12.7. The minimum absolute atomic E-state index is 0.168. The summed E-state index contributed by atoms with van der Waals surface area (Å²) in [5.74, 6) is 1.56. The molecule has 0 aliphatic rings. The van der Waals surface area contributed by atoms with Crippen LogP contribution < -0.4 is 9.47 Å². The van der Waals surface area contributed by atoms with E-state index < -0.39 is 6.10 Å². The van der Waals surface area contributed by atoms with Crippen LogP contribution in [0.1, 0.15) is 25.5 Å². The van der Waals surface area contributed by atoms with Gasteiger partial charge in [-0.1, -0.05) is 13.8 Å². The molecule has 0 bridgehead atoms. The van der Waals surface area contributed by atoms with Gasteiger partial charge in [-0.15, -0.1) is 0 Å². The quantitative estimate of drug-likeness (QED) is 0.829. The van der Waals surface area contributed by atoms with Crippen LogP contribution in [0.3, 0.4) is 0 Å². The first kappa shape index (κ1) is 11.9. The second kappa shape index (κ2) is 5.03. The first-order valence-corrected chi connectivity index (χ1v) is 4.99. The highest BCUT2D eigenvalue weighted by atomic mass is 16.5. The maximum Gasteiger partial charge on any atom is 0.122 e.